The van der Waals surface area contributed by atoms with E-state index in [4.69, 9.17) is 4.74 Å². The van der Waals surface area contributed by atoms with E-state index < -0.39 is 17.4 Å². The molecule has 0 bridgehead atoms. The Hall–Kier alpha value is -1.76. The van der Waals surface area contributed by atoms with Crippen molar-refractivity contribution in [2.75, 3.05) is 13.2 Å². The fourth-order valence-electron chi connectivity index (χ4n) is 2.78. The van der Waals surface area contributed by atoms with Gasteiger partial charge in [-0.25, -0.2) is 4.79 Å². The van der Waals surface area contributed by atoms with Gasteiger partial charge >= 0.3 is 11.9 Å². The summed E-state index contributed by atoms with van der Waals surface area (Å²) in [4.78, 5) is 14.3. The fraction of sp³-hybridized carbons (Fsp3) is 0.500. The summed E-state index contributed by atoms with van der Waals surface area (Å²) in [5.74, 6) is 0.255. The zero-order valence-electron chi connectivity index (χ0n) is 11.2. The van der Waals surface area contributed by atoms with Gasteiger partial charge in [0.25, 0.3) is 0 Å². The van der Waals surface area contributed by atoms with Crippen molar-refractivity contribution in [3.63, 3.8) is 0 Å². The molecule has 1 saturated heterocycles. The maximum atomic E-state index is 13.0. The third-order valence-corrected chi connectivity index (χ3v) is 3.90. The Balaban J connectivity index is 2.03. The summed E-state index contributed by atoms with van der Waals surface area (Å²) in [6.07, 6.45) is -2.84. The molecule has 1 N–H and O–H groups in total. The Morgan fingerprint density at radius 2 is 2.00 bits per heavy atom. The van der Waals surface area contributed by atoms with E-state index in [1.807, 2.05) is 0 Å². The van der Waals surface area contributed by atoms with Crippen molar-refractivity contribution in [2.45, 2.75) is 25.6 Å². The van der Waals surface area contributed by atoms with E-state index in [1.165, 1.54) is 10.6 Å². The topological polar surface area (TPSA) is 47.0 Å². The molecule has 3 rings (SSSR count). The SMILES string of the molecule is O=c1[nH]c2c(C(F)(F)F)cccc2n1CC1CCOCC1. The first kappa shape index (κ1) is 14.2. The number of alkyl halides is 3. The summed E-state index contributed by atoms with van der Waals surface area (Å²) in [6.45, 7) is 1.69. The van der Waals surface area contributed by atoms with Crippen molar-refractivity contribution < 1.29 is 17.9 Å². The first-order chi connectivity index (χ1) is 9.97. The highest BCUT2D eigenvalue weighted by Crippen LogP contribution is 2.33. The van der Waals surface area contributed by atoms with Crippen LogP contribution in [0, 0.1) is 5.92 Å². The van der Waals surface area contributed by atoms with Crippen LogP contribution in [0.2, 0.25) is 0 Å². The van der Waals surface area contributed by atoms with Crippen LogP contribution in [0.1, 0.15) is 18.4 Å². The molecule has 2 heterocycles. The molecule has 21 heavy (non-hydrogen) atoms. The van der Waals surface area contributed by atoms with Gasteiger partial charge in [0.15, 0.2) is 0 Å². The molecule has 1 aromatic carbocycles. The van der Waals surface area contributed by atoms with Gasteiger partial charge in [-0.2, -0.15) is 13.2 Å². The number of nitrogens with zero attached hydrogens (tertiary/aromatic N) is 1. The van der Waals surface area contributed by atoms with Crippen molar-refractivity contribution in [2.24, 2.45) is 5.92 Å². The largest absolute Gasteiger partial charge is 0.418 e. The van der Waals surface area contributed by atoms with Gasteiger partial charge in [-0.3, -0.25) is 4.57 Å². The zero-order chi connectivity index (χ0) is 15.0. The Labute approximate surface area is 118 Å². The highest BCUT2D eigenvalue weighted by molar-refractivity contribution is 5.79. The smallest absolute Gasteiger partial charge is 0.381 e. The van der Waals surface area contributed by atoms with E-state index in [0.29, 0.717) is 25.3 Å². The molecule has 0 atom stereocenters. The number of hydrogen-bond donors (Lipinski definition) is 1. The number of imidazole rings is 1. The van der Waals surface area contributed by atoms with Crippen LogP contribution >= 0.6 is 0 Å². The summed E-state index contributed by atoms with van der Waals surface area (Å²) < 4.78 is 45.6. The predicted molar refractivity (Wildman–Crippen MR) is 71.1 cm³/mol. The van der Waals surface area contributed by atoms with Crippen LogP contribution in [0.3, 0.4) is 0 Å². The van der Waals surface area contributed by atoms with Gasteiger partial charge in [0, 0.05) is 19.8 Å². The summed E-state index contributed by atoms with van der Waals surface area (Å²) in [7, 11) is 0. The third kappa shape index (κ3) is 2.70. The molecule has 0 radical (unpaired) electrons. The monoisotopic (exact) mass is 300 g/mol. The van der Waals surface area contributed by atoms with Crippen molar-refractivity contribution in [1.29, 1.82) is 0 Å². The number of rotatable bonds is 2. The maximum Gasteiger partial charge on any atom is 0.418 e. The highest BCUT2D eigenvalue weighted by Gasteiger charge is 2.34. The first-order valence-electron chi connectivity index (χ1n) is 6.83. The number of nitrogens with one attached hydrogen (secondary N) is 1. The molecule has 0 saturated carbocycles. The van der Waals surface area contributed by atoms with E-state index in [1.54, 1.807) is 6.07 Å². The van der Waals surface area contributed by atoms with Crippen LogP contribution in [0.25, 0.3) is 11.0 Å². The lowest BCUT2D eigenvalue weighted by Crippen LogP contribution is -2.25. The van der Waals surface area contributed by atoms with E-state index >= 15 is 0 Å². The number of fused-ring (bicyclic) bond motifs is 1. The average molecular weight is 300 g/mol. The van der Waals surface area contributed by atoms with Gasteiger partial charge in [0.1, 0.15) is 0 Å². The number of para-hydroxylation sites is 1. The van der Waals surface area contributed by atoms with Gasteiger partial charge in [0.05, 0.1) is 16.6 Å². The van der Waals surface area contributed by atoms with Crippen molar-refractivity contribution in [3.8, 4) is 0 Å². The second-order valence-electron chi connectivity index (χ2n) is 5.29. The molecular formula is C14H15F3N2O2. The quantitative estimate of drug-likeness (QED) is 0.927. The minimum absolute atomic E-state index is 0.137. The molecule has 0 amide bonds. The fourth-order valence-corrected chi connectivity index (χ4v) is 2.78. The molecule has 1 aromatic heterocycles. The number of H-pyrrole nitrogens is 1. The third-order valence-electron chi connectivity index (χ3n) is 3.90. The van der Waals surface area contributed by atoms with Gasteiger partial charge < -0.3 is 9.72 Å². The Kier molecular flexibility index (Phi) is 3.52. The summed E-state index contributed by atoms with van der Waals surface area (Å²) >= 11 is 0. The zero-order valence-corrected chi connectivity index (χ0v) is 11.2. The second-order valence-corrected chi connectivity index (χ2v) is 5.29. The average Bonchev–Trinajstić information content (AvgIpc) is 2.75. The van der Waals surface area contributed by atoms with E-state index in [2.05, 4.69) is 4.98 Å². The van der Waals surface area contributed by atoms with Gasteiger partial charge in [0.2, 0.25) is 0 Å². The number of halogens is 3. The van der Waals surface area contributed by atoms with E-state index in [0.717, 1.165) is 18.9 Å². The van der Waals surface area contributed by atoms with Crippen LogP contribution in [0.5, 0.6) is 0 Å². The molecule has 7 heteroatoms. The Bertz CT molecular complexity index is 696. The van der Waals surface area contributed by atoms with Crippen LogP contribution in [-0.4, -0.2) is 22.8 Å². The van der Waals surface area contributed by atoms with Crippen molar-refractivity contribution >= 4 is 11.0 Å². The number of benzene rings is 1. The summed E-state index contributed by atoms with van der Waals surface area (Å²) in [6, 6.07) is 3.86. The van der Waals surface area contributed by atoms with Crippen LogP contribution in [-0.2, 0) is 17.5 Å². The van der Waals surface area contributed by atoms with Gasteiger partial charge in [-0.05, 0) is 30.9 Å². The van der Waals surface area contributed by atoms with Gasteiger partial charge in [-0.15, -0.1) is 0 Å². The molecule has 2 aromatic rings. The lowest BCUT2D eigenvalue weighted by Gasteiger charge is -2.22. The number of ether oxygens (including phenoxy) is 1. The molecule has 4 nitrogen and oxygen atoms in total. The molecule has 1 fully saturated rings. The number of hydrogen-bond acceptors (Lipinski definition) is 2. The lowest BCUT2D eigenvalue weighted by molar-refractivity contribution is -0.136. The van der Waals surface area contributed by atoms with E-state index in [-0.39, 0.29) is 11.4 Å². The molecule has 1 aliphatic heterocycles. The molecule has 0 unspecified atom stereocenters. The minimum atomic E-state index is -4.48. The van der Waals surface area contributed by atoms with Crippen molar-refractivity contribution in [1.82, 2.24) is 9.55 Å². The second kappa shape index (κ2) is 5.22. The number of aromatic amines is 1. The van der Waals surface area contributed by atoms with Crippen LogP contribution in [0.15, 0.2) is 23.0 Å². The first-order valence-corrected chi connectivity index (χ1v) is 6.83. The summed E-state index contributed by atoms with van der Waals surface area (Å²) in [5, 5.41) is 0. The molecule has 0 aliphatic carbocycles. The standard InChI is InChI=1S/C14H15F3N2O2/c15-14(16,17)10-2-1-3-11-12(10)18-13(20)19(11)8-9-4-6-21-7-5-9/h1-3,9H,4-8H2,(H,18,20). The van der Waals surface area contributed by atoms with Crippen molar-refractivity contribution in [3.05, 3.63) is 34.2 Å². The highest BCUT2D eigenvalue weighted by atomic mass is 19.4. The predicted octanol–water partition coefficient (Wildman–Crippen LogP) is 2.78. The molecule has 114 valence electrons. The Morgan fingerprint density at radius 1 is 1.29 bits per heavy atom. The molecule has 0 spiro atoms. The summed E-state index contributed by atoms with van der Waals surface area (Å²) in [5.41, 5.74) is -1.13. The van der Waals surface area contributed by atoms with Gasteiger partial charge in [-0.1, -0.05) is 6.07 Å². The maximum absolute atomic E-state index is 13.0. The number of aromatic nitrogens is 2. The van der Waals surface area contributed by atoms with Crippen LogP contribution < -0.4 is 5.69 Å². The lowest BCUT2D eigenvalue weighted by atomic mass is 10.0. The van der Waals surface area contributed by atoms with Crippen LogP contribution in [0.4, 0.5) is 13.2 Å². The van der Waals surface area contributed by atoms with E-state index in [9.17, 15) is 18.0 Å². The minimum Gasteiger partial charge on any atom is -0.381 e. The normalized spacial score (nSPS) is 17.5. The molecular weight excluding hydrogens is 285 g/mol. The Morgan fingerprint density at radius 3 is 2.67 bits per heavy atom. The molecule has 1 aliphatic rings.